The lowest BCUT2D eigenvalue weighted by Crippen LogP contribution is -2.41. The minimum atomic E-state index is -1.47. The molecule has 1 aromatic heterocycles. The predicted octanol–water partition coefficient (Wildman–Crippen LogP) is 0.158. The van der Waals surface area contributed by atoms with Crippen LogP contribution in [0.2, 0.25) is 19.6 Å². The first-order valence-electron chi connectivity index (χ1n) is 3.64. The summed E-state index contributed by atoms with van der Waals surface area (Å²) < 4.78 is 0. The first-order valence-corrected chi connectivity index (χ1v) is 7.14. The molecule has 0 aliphatic heterocycles. The highest BCUT2D eigenvalue weighted by atomic mass is 28.3. The largest absolute Gasteiger partial charge is 0.411 e. The summed E-state index contributed by atoms with van der Waals surface area (Å²) in [6.07, 6.45) is 1.30. The molecular weight excluding hydrogens is 172 g/mol. The quantitative estimate of drug-likeness (QED) is 0.297. The number of H-pyrrole nitrogens is 1. The summed E-state index contributed by atoms with van der Waals surface area (Å²) in [4.78, 5) is 0. The molecule has 0 saturated carbocycles. The van der Waals surface area contributed by atoms with Gasteiger partial charge in [0.15, 0.2) is 0 Å². The lowest BCUT2D eigenvalue weighted by Gasteiger charge is -2.11. The van der Waals surface area contributed by atoms with Crippen LogP contribution in [0.1, 0.15) is 5.69 Å². The lowest BCUT2D eigenvalue weighted by atomic mass is 10.5. The second kappa shape index (κ2) is 3.06. The summed E-state index contributed by atoms with van der Waals surface area (Å²) in [6.45, 7) is 6.46. The summed E-state index contributed by atoms with van der Waals surface area (Å²) >= 11 is 0. The van der Waals surface area contributed by atoms with E-state index in [4.69, 9.17) is 5.21 Å². The van der Waals surface area contributed by atoms with Gasteiger partial charge in [-0.15, -0.1) is 0 Å². The fraction of sp³-hybridized carbons (Fsp3) is 0.500. The molecule has 12 heavy (non-hydrogen) atoms. The molecule has 0 radical (unpaired) electrons. The Morgan fingerprint density at radius 3 is 2.58 bits per heavy atom. The number of aromatic nitrogens is 3. The zero-order chi connectivity index (χ0) is 9.19. The van der Waals surface area contributed by atoms with E-state index in [9.17, 15) is 0 Å². The monoisotopic (exact) mass is 184 g/mol. The van der Waals surface area contributed by atoms with Crippen molar-refractivity contribution >= 4 is 19.6 Å². The molecule has 0 unspecified atom stereocenters. The van der Waals surface area contributed by atoms with E-state index in [1.807, 2.05) is 0 Å². The Hall–Kier alpha value is -1.17. The molecule has 0 aromatic carbocycles. The first kappa shape index (κ1) is 8.92. The third-order valence-corrected chi connectivity index (χ3v) is 3.25. The maximum atomic E-state index is 8.33. The van der Waals surface area contributed by atoms with Gasteiger partial charge >= 0.3 is 0 Å². The highest BCUT2D eigenvalue weighted by Gasteiger charge is 2.23. The maximum absolute atomic E-state index is 8.33. The van der Waals surface area contributed by atoms with Gasteiger partial charge in [-0.2, -0.15) is 15.4 Å². The molecule has 0 saturated heterocycles. The number of nitrogens with one attached hydrogen (secondary N) is 1. The Bertz CT molecular complexity index is 288. The topological polar surface area (TPSA) is 74.2 Å². The van der Waals surface area contributed by atoms with Gasteiger partial charge in [-0.1, -0.05) is 24.8 Å². The van der Waals surface area contributed by atoms with Gasteiger partial charge in [0.05, 0.1) is 11.5 Å². The van der Waals surface area contributed by atoms with Crippen LogP contribution in [-0.2, 0) is 0 Å². The van der Waals surface area contributed by atoms with Crippen LogP contribution in [0.4, 0.5) is 0 Å². The second-order valence-electron chi connectivity index (χ2n) is 3.55. The van der Waals surface area contributed by atoms with Crippen molar-refractivity contribution in [3.05, 3.63) is 5.69 Å². The molecule has 0 spiro atoms. The van der Waals surface area contributed by atoms with Gasteiger partial charge in [-0.05, 0) is 0 Å². The molecule has 1 heterocycles. The zero-order valence-electron chi connectivity index (χ0n) is 7.37. The van der Waals surface area contributed by atoms with E-state index in [2.05, 4.69) is 40.2 Å². The average molecular weight is 184 g/mol. The van der Waals surface area contributed by atoms with E-state index < -0.39 is 8.07 Å². The van der Waals surface area contributed by atoms with Crippen LogP contribution in [0.15, 0.2) is 5.16 Å². The number of rotatable bonds is 2. The summed E-state index contributed by atoms with van der Waals surface area (Å²) in [5.74, 6) is 0. The molecule has 0 aliphatic carbocycles. The SMILES string of the molecule is C[Si](C)(C)c1n[nH]nc1/C=N/O. The van der Waals surface area contributed by atoms with E-state index >= 15 is 0 Å². The van der Waals surface area contributed by atoms with E-state index in [1.165, 1.54) is 6.21 Å². The molecule has 6 heteroatoms. The van der Waals surface area contributed by atoms with Crippen LogP contribution in [0.25, 0.3) is 0 Å². The van der Waals surface area contributed by atoms with Crippen molar-refractivity contribution in [2.45, 2.75) is 19.6 Å². The predicted molar refractivity (Wildman–Crippen MR) is 48.7 cm³/mol. The Morgan fingerprint density at radius 1 is 1.42 bits per heavy atom. The van der Waals surface area contributed by atoms with Crippen molar-refractivity contribution in [2.24, 2.45) is 5.16 Å². The third-order valence-electron chi connectivity index (χ3n) is 1.47. The minimum absolute atomic E-state index is 0.636. The van der Waals surface area contributed by atoms with Gasteiger partial charge in [-0.3, -0.25) is 0 Å². The van der Waals surface area contributed by atoms with Gasteiger partial charge in [0.1, 0.15) is 13.8 Å². The van der Waals surface area contributed by atoms with Crippen LogP contribution in [0.3, 0.4) is 0 Å². The smallest absolute Gasteiger partial charge is 0.125 e. The lowest BCUT2D eigenvalue weighted by molar-refractivity contribution is 0.321. The summed E-state index contributed by atoms with van der Waals surface area (Å²) in [5.41, 5.74) is 0.636. The van der Waals surface area contributed by atoms with Crippen LogP contribution < -0.4 is 5.32 Å². The molecule has 1 rings (SSSR count). The van der Waals surface area contributed by atoms with Crippen molar-refractivity contribution in [2.75, 3.05) is 0 Å². The number of oxime groups is 1. The molecule has 0 aliphatic rings. The molecule has 0 fully saturated rings. The standard InChI is InChI=1S/C6H12N4OSi/c1-12(2,3)6-5(4-7-11)8-10-9-6/h4,11H,1-3H3,(H,8,9,10)/b7-4+. The molecule has 66 valence electrons. The van der Waals surface area contributed by atoms with Gasteiger partial charge in [0, 0.05) is 0 Å². The number of hydrogen-bond acceptors (Lipinski definition) is 4. The van der Waals surface area contributed by atoms with Crippen LogP contribution in [-0.4, -0.2) is 34.9 Å². The molecule has 2 N–H and O–H groups in total. The Kier molecular flexibility index (Phi) is 2.27. The Balaban J connectivity index is 3.07. The van der Waals surface area contributed by atoms with Crippen LogP contribution >= 0.6 is 0 Å². The molecule has 0 amide bonds. The fourth-order valence-corrected chi connectivity index (χ4v) is 2.21. The molecule has 0 atom stereocenters. The van der Waals surface area contributed by atoms with Gasteiger partial charge in [0.25, 0.3) is 0 Å². The van der Waals surface area contributed by atoms with E-state index in [-0.39, 0.29) is 0 Å². The highest BCUT2D eigenvalue weighted by molar-refractivity contribution is 6.88. The molecule has 1 aromatic rings. The Morgan fingerprint density at radius 2 is 2.08 bits per heavy atom. The van der Waals surface area contributed by atoms with Crippen molar-refractivity contribution in [3.8, 4) is 0 Å². The average Bonchev–Trinajstić information content (AvgIpc) is 2.34. The summed E-state index contributed by atoms with van der Waals surface area (Å²) in [6, 6.07) is 0. The van der Waals surface area contributed by atoms with E-state index in [0.717, 1.165) is 5.32 Å². The minimum Gasteiger partial charge on any atom is -0.411 e. The maximum Gasteiger partial charge on any atom is 0.125 e. The van der Waals surface area contributed by atoms with Crippen molar-refractivity contribution in [1.29, 1.82) is 0 Å². The fourth-order valence-electron chi connectivity index (χ4n) is 0.936. The van der Waals surface area contributed by atoms with Crippen LogP contribution in [0.5, 0.6) is 0 Å². The van der Waals surface area contributed by atoms with E-state index in [1.54, 1.807) is 0 Å². The van der Waals surface area contributed by atoms with Gasteiger partial charge in [0.2, 0.25) is 0 Å². The summed E-state index contributed by atoms with van der Waals surface area (Å²) in [5, 5.41) is 22.6. The summed E-state index contributed by atoms with van der Waals surface area (Å²) in [7, 11) is -1.47. The first-order chi connectivity index (χ1) is 5.55. The molecule has 5 nitrogen and oxygen atoms in total. The second-order valence-corrected chi connectivity index (χ2v) is 8.53. The number of aromatic amines is 1. The molecule has 0 bridgehead atoms. The highest BCUT2D eigenvalue weighted by Crippen LogP contribution is 2.00. The molecular formula is C6H12N4OSi. The van der Waals surface area contributed by atoms with Crippen LogP contribution in [0, 0.1) is 0 Å². The normalized spacial score (nSPS) is 12.6. The van der Waals surface area contributed by atoms with Crippen molar-refractivity contribution in [3.63, 3.8) is 0 Å². The third kappa shape index (κ3) is 1.70. The number of nitrogens with zero attached hydrogens (tertiary/aromatic N) is 3. The van der Waals surface area contributed by atoms with Crippen molar-refractivity contribution in [1.82, 2.24) is 15.4 Å². The number of hydrogen-bond donors (Lipinski definition) is 2. The van der Waals surface area contributed by atoms with Gasteiger partial charge < -0.3 is 5.21 Å². The van der Waals surface area contributed by atoms with Gasteiger partial charge in [-0.25, -0.2) is 0 Å². The Labute approximate surface area is 71.5 Å². The zero-order valence-corrected chi connectivity index (χ0v) is 8.37. The van der Waals surface area contributed by atoms with E-state index in [0.29, 0.717) is 5.69 Å². The van der Waals surface area contributed by atoms with Crippen molar-refractivity contribution < 1.29 is 5.21 Å².